The standard InChI is InChI=1S/C20H17N3O9/c1-5-6-2-3-8(22-23-32)15(26)11(6)16(27)13-10(5)14(25)7-4-9(24)12(19(21)30)17(28)20(7,31)18(13)29/h2-3,5,7,10,14,25,31H,4H2,1H3,(H4,21,24,27,28,29,30)/p+1/t5-,7+,10+,14+,20+/m0/s1. The number of aromatic hydroxyl groups is 1. The number of hydrogen-bond acceptors (Lipinski definition) is 10. The molecule has 12 nitrogen and oxygen atoms in total. The number of nitrogens with two attached hydrogens (primary N) is 1. The van der Waals surface area contributed by atoms with Gasteiger partial charge in [-0.1, -0.05) is 13.0 Å². The number of hydrogen-bond donors (Lipinski definition) is 6. The van der Waals surface area contributed by atoms with E-state index in [1.165, 1.54) is 12.1 Å². The molecule has 3 aliphatic rings. The third kappa shape index (κ3) is 2.45. The lowest BCUT2D eigenvalue weighted by Crippen LogP contribution is -2.63. The molecular weight excluding hydrogens is 426 g/mol. The Labute approximate surface area is 179 Å². The fourth-order valence-corrected chi connectivity index (χ4v) is 5.11. The number of Topliss-reactive ketones (excluding diaryl/α,β-unsaturated/α-hetero) is 2. The number of carbonyl (C=O) groups is 3. The topological polar surface area (TPSA) is 222 Å². The van der Waals surface area contributed by atoms with Crippen LogP contribution in [0.15, 0.2) is 34.2 Å². The number of fused-ring (bicyclic) bond motifs is 3. The van der Waals surface area contributed by atoms with Gasteiger partial charge in [-0.05, 0) is 17.5 Å². The molecule has 1 amide bonds. The molecule has 166 valence electrons. The first-order valence-corrected chi connectivity index (χ1v) is 9.53. The van der Waals surface area contributed by atoms with Gasteiger partial charge in [-0.2, -0.15) is 0 Å². The fourth-order valence-electron chi connectivity index (χ4n) is 5.11. The van der Waals surface area contributed by atoms with Gasteiger partial charge in [-0.3, -0.25) is 14.4 Å². The number of carbonyl (C=O) groups excluding carboxylic acids is 3. The van der Waals surface area contributed by atoms with Gasteiger partial charge >= 0.3 is 4.97 Å². The third-order valence-electron chi connectivity index (χ3n) is 6.63. The van der Waals surface area contributed by atoms with Crippen molar-refractivity contribution in [1.82, 2.24) is 4.97 Å². The van der Waals surface area contributed by atoms with E-state index in [1.807, 2.05) is 0 Å². The molecule has 1 aromatic carbocycles. The predicted octanol–water partition coefficient (Wildman–Crippen LogP) is -0.127. The van der Waals surface area contributed by atoms with Gasteiger partial charge in [0.05, 0.1) is 11.7 Å². The Morgan fingerprint density at radius 1 is 1.25 bits per heavy atom. The second-order valence-corrected chi connectivity index (χ2v) is 8.06. The van der Waals surface area contributed by atoms with Crippen LogP contribution >= 0.6 is 0 Å². The summed E-state index contributed by atoms with van der Waals surface area (Å²) in [7, 11) is 0. The van der Waals surface area contributed by atoms with Gasteiger partial charge in [0.15, 0.2) is 32.8 Å². The van der Waals surface area contributed by atoms with Gasteiger partial charge < -0.3 is 31.3 Å². The van der Waals surface area contributed by atoms with E-state index in [-0.39, 0.29) is 11.3 Å². The van der Waals surface area contributed by atoms with E-state index in [2.05, 4.69) is 10.1 Å². The van der Waals surface area contributed by atoms with E-state index in [9.17, 15) is 44.8 Å². The van der Waals surface area contributed by atoms with Crippen LogP contribution < -0.4 is 10.7 Å². The van der Waals surface area contributed by atoms with Crippen molar-refractivity contribution >= 4 is 28.9 Å². The lowest BCUT2D eigenvalue weighted by Gasteiger charge is -2.50. The van der Waals surface area contributed by atoms with Crippen LogP contribution in [0.5, 0.6) is 5.75 Å². The molecule has 32 heavy (non-hydrogen) atoms. The van der Waals surface area contributed by atoms with E-state index < -0.39 is 81.8 Å². The summed E-state index contributed by atoms with van der Waals surface area (Å²) in [5.41, 5.74) is 0.471. The minimum Gasteiger partial charge on any atom is -0.508 e. The second kappa shape index (κ2) is 6.82. The Kier molecular flexibility index (Phi) is 4.56. The number of amides is 1. The first-order chi connectivity index (χ1) is 15.0. The maximum Gasteiger partial charge on any atom is 0.393 e. The van der Waals surface area contributed by atoms with Crippen LogP contribution in [0.2, 0.25) is 0 Å². The molecule has 5 atom stereocenters. The number of rotatable bonds is 2. The average molecular weight is 444 g/mol. The smallest absolute Gasteiger partial charge is 0.393 e. The molecule has 0 spiro atoms. The van der Waals surface area contributed by atoms with Crippen molar-refractivity contribution < 1.29 is 39.9 Å². The van der Waals surface area contributed by atoms with Crippen LogP contribution in [-0.4, -0.2) is 54.7 Å². The highest BCUT2D eigenvalue weighted by Gasteiger charge is 2.64. The van der Waals surface area contributed by atoms with E-state index in [1.54, 1.807) is 6.92 Å². The van der Waals surface area contributed by atoms with E-state index in [4.69, 9.17) is 5.73 Å². The Hall–Kier alpha value is -3.86. The minimum atomic E-state index is -2.91. The van der Waals surface area contributed by atoms with Crippen LogP contribution in [0.25, 0.3) is 5.76 Å². The van der Waals surface area contributed by atoms with Gasteiger partial charge in [-0.25, -0.2) is 0 Å². The van der Waals surface area contributed by atoms with Crippen LogP contribution in [0, 0.1) is 16.7 Å². The van der Waals surface area contributed by atoms with Crippen molar-refractivity contribution in [3.8, 4) is 5.75 Å². The SMILES string of the molecule is C[C@H]1c2ccc(N=[N+]=O)c(O)c2C(O)=C2C(=O)[C@]3(O)C(O)=C(C(N)=O)C(=O)C[C@@H]3[C@@H](O)[C@@H]21. The molecular formula is C20H18N3O9+. The molecule has 0 aliphatic heterocycles. The predicted molar refractivity (Wildman–Crippen MR) is 105 cm³/mol. The van der Waals surface area contributed by atoms with Crippen molar-refractivity contribution in [2.45, 2.75) is 31.0 Å². The number of phenolic OH excluding ortho intramolecular Hbond substituents is 1. The zero-order chi connectivity index (χ0) is 23.7. The highest BCUT2D eigenvalue weighted by Crippen LogP contribution is 2.56. The molecule has 0 bridgehead atoms. The number of ketones is 2. The van der Waals surface area contributed by atoms with Crippen molar-refractivity contribution in [2.75, 3.05) is 0 Å². The normalized spacial score (nSPS) is 31.5. The van der Waals surface area contributed by atoms with Gasteiger partial charge in [-0.15, -0.1) is 0 Å². The van der Waals surface area contributed by atoms with Crippen LogP contribution in [0.3, 0.4) is 0 Å². The summed E-state index contributed by atoms with van der Waals surface area (Å²) in [4.78, 5) is 50.2. The van der Waals surface area contributed by atoms with E-state index >= 15 is 0 Å². The molecule has 0 radical (unpaired) electrons. The van der Waals surface area contributed by atoms with Crippen molar-refractivity contribution in [3.05, 3.63) is 45.1 Å². The summed E-state index contributed by atoms with van der Waals surface area (Å²) in [6.45, 7) is 1.58. The van der Waals surface area contributed by atoms with Crippen molar-refractivity contribution in [1.29, 1.82) is 0 Å². The molecule has 0 heterocycles. The number of primary amides is 1. The Bertz CT molecular complexity index is 1230. The zero-order valence-electron chi connectivity index (χ0n) is 16.5. The lowest BCUT2D eigenvalue weighted by atomic mass is 9.55. The van der Waals surface area contributed by atoms with Gasteiger partial charge in [0, 0.05) is 23.8 Å². The van der Waals surface area contributed by atoms with Crippen LogP contribution in [0.4, 0.5) is 5.69 Å². The summed E-state index contributed by atoms with van der Waals surface area (Å²) < 4.78 is 0. The molecule has 1 aromatic rings. The molecule has 0 saturated heterocycles. The number of aliphatic hydroxyl groups is 4. The Morgan fingerprint density at radius 3 is 2.50 bits per heavy atom. The highest BCUT2D eigenvalue weighted by molar-refractivity contribution is 6.23. The summed E-state index contributed by atoms with van der Waals surface area (Å²) in [5.74, 6) is -9.70. The molecule has 4 rings (SSSR count). The molecule has 7 N–H and O–H groups in total. The van der Waals surface area contributed by atoms with E-state index in [0.717, 1.165) is 0 Å². The monoisotopic (exact) mass is 444 g/mol. The van der Waals surface area contributed by atoms with Gasteiger partial charge in [0.1, 0.15) is 17.1 Å². The van der Waals surface area contributed by atoms with Crippen LogP contribution in [-0.2, 0) is 14.4 Å². The zero-order valence-corrected chi connectivity index (χ0v) is 16.5. The maximum absolute atomic E-state index is 13.4. The van der Waals surface area contributed by atoms with Gasteiger partial charge in [0.25, 0.3) is 5.91 Å². The highest BCUT2D eigenvalue weighted by atomic mass is 16.4. The summed E-state index contributed by atoms with van der Waals surface area (Å²) in [6, 6.07) is 2.68. The Balaban J connectivity index is 2.02. The largest absolute Gasteiger partial charge is 0.508 e. The fraction of sp³-hybridized carbons (Fsp3) is 0.350. The lowest BCUT2D eigenvalue weighted by molar-refractivity contribution is -0.160. The van der Waals surface area contributed by atoms with Gasteiger partial charge in [0.2, 0.25) is 5.78 Å². The number of aliphatic hydroxyl groups excluding tert-OH is 3. The third-order valence-corrected chi connectivity index (χ3v) is 6.63. The molecule has 1 saturated carbocycles. The number of phenols is 1. The number of benzene rings is 1. The van der Waals surface area contributed by atoms with Crippen LogP contribution in [0.1, 0.15) is 30.4 Å². The molecule has 0 unspecified atom stereocenters. The average Bonchev–Trinajstić information content (AvgIpc) is 2.72. The molecule has 0 aromatic heterocycles. The summed E-state index contributed by atoms with van der Waals surface area (Å²) in [6.07, 6.45) is -2.26. The van der Waals surface area contributed by atoms with Crippen molar-refractivity contribution in [2.24, 2.45) is 22.7 Å². The minimum absolute atomic E-state index is 0.262. The first-order valence-electron chi connectivity index (χ1n) is 9.53. The Morgan fingerprint density at radius 2 is 1.91 bits per heavy atom. The van der Waals surface area contributed by atoms with Crippen molar-refractivity contribution in [3.63, 3.8) is 0 Å². The molecule has 3 aliphatic carbocycles. The summed E-state index contributed by atoms with van der Waals surface area (Å²) >= 11 is 0. The molecule has 12 heteroatoms. The second-order valence-electron chi connectivity index (χ2n) is 8.06. The first kappa shape index (κ1) is 21.4. The maximum atomic E-state index is 13.4. The quantitative estimate of drug-likeness (QED) is 0.203. The van der Waals surface area contributed by atoms with E-state index in [0.29, 0.717) is 5.56 Å². The number of nitroso groups, excluding NO2 is 1. The molecule has 1 fully saturated rings. The number of nitrogens with zero attached hydrogens (tertiary/aromatic N) is 2. The summed E-state index contributed by atoms with van der Waals surface area (Å²) in [5, 5.41) is 57.4.